The van der Waals surface area contributed by atoms with Crippen molar-refractivity contribution in [2.24, 2.45) is 0 Å². The second kappa shape index (κ2) is 9.32. The van der Waals surface area contributed by atoms with E-state index in [1.165, 1.54) is 4.68 Å². The first kappa shape index (κ1) is 20.4. The Labute approximate surface area is 178 Å². The lowest BCUT2D eigenvalue weighted by Gasteiger charge is -2.26. The van der Waals surface area contributed by atoms with E-state index in [9.17, 15) is 14.4 Å². The van der Waals surface area contributed by atoms with Crippen LogP contribution in [0.5, 0.6) is 0 Å². The highest BCUT2D eigenvalue weighted by Crippen LogP contribution is 2.16. The molecule has 4 rings (SSSR count). The molecule has 7 nitrogen and oxygen atoms in total. The highest BCUT2D eigenvalue weighted by Gasteiger charge is 2.12. The van der Waals surface area contributed by atoms with E-state index in [4.69, 9.17) is 0 Å². The van der Waals surface area contributed by atoms with Gasteiger partial charge in [0.2, 0.25) is 5.91 Å². The van der Waals surface area contributed by atoms with Gasteiger partial charge >= 0.3 is 0 Å². The first-order valence-corrected chi connectivity index (χ1v) is 11.2. The Kier molecular flexibility index (Phi) is 6.35. The van der Waals surface area contributed by atoms with Crippen LogP contribution in [0.2, 0.25) is 0 Å². The van der Waals surface area contributed by atoms with Crippen molar-refractivity contribution < 1.29 is 4.79 Å². The number of aromatic amines is 1. The van der Waals surface area contributed by atoms with Crippen molar-refractivity contribution in [2.75, 3.05) is 29.9 Å². The Balaban J connectivity index is 1.39. The van der Waals surface area contributed by atoms with Crippen LogP contribution in [0.4, 0.5) is 5.69 Å². The number of aromatic nitrogens is 2. The van der Waals surface area contributed by atoms with Gasteiger partial charge in [0.1, 0.15) is 0 Å². The number of hydrogen-bond acceptors (Lipinski definition) is 5. The number of nitrogens with one attached hydrogen (secondary N) is 2. The monoisotopic (exact) mass is 424 g/mol. The normalized spacial score (nSPS) is 14.7. The second-order valence-electron chi connectivity index (χ2n) is 7.33. The van der Waals surface area contributed by atoms with Crippen LogP contribution < -0.4 is 16.4 Å². The van der Waals surface area contributed by atoms with Gasteiger partial charge in [-0.1, -0.05) is 24.3 Å². The zero-order valence-corrected chi connectivity index (χ0v) is 17.4. The molecule has 0 atom stereocenters. The van der Waals surface area contributed by atoms with Crippen LogP contribution in [0.3, 0.4) is 0 Å². The number of thioether (sulfide) groups is 1. The van der Waals surface area contributed by atoms with Gasteiger partial charge < -0.3 is 5.32 Å². The standard InChI is InChI=1S/C22H24N4O3S/c27-20(8-9-26-22(29)19-7-2-1-6-18(19)21(28)24-26)23-17-5-3-4-16(14-17)15-25-10-12-30-13-11-25/h1-7,14H,8-13,15H2,(H,23,27)(H,24,28). The summed E-state index contributed by atoms with van der Waals surface area (Å²) in [6.45, 7) is 3.15. The van der Waals surface area contributed by atoms with Crippen molar-refractivity contribution in [1.29, 1.82) is 0 Å². The fraction of sp³-hybridized carbons (Fsp3) is 0.318. The topological polar surface area (TPSA) is 87.2 Å². The third-order valence-electron chi connectivity index (χ3n) is 5.17. The minimum absolute atomic E-state index is 0.0851. The highest BCUT2D eigenvalue weighted by atomic mass is 32.2. The van der Waals surface area contributed by atoms with Crippen LogP contribution in [0.25, 0.3) is 10.8 Å². The molecule has 1 aliphatic heterocycles. The molecular weight excluding hydrogens is 400 g/mol. The van der Waals surface area contributed by atoms with Crippen LogP contribution in [-0.4, -0.2) is 45.2 Å². The first-order chi connectivity index (χ1) is 14.6. The van der Waals surface area contributed by atoms with Crippen molar-refractivity contribution in [1.82, 2.24) is 14.7 Å². The Bertz CT molecular complexity index is 1160. The Morgan fingerprint density at radius 3 is 2.60 bits per heavy atom. The number of fused-ring (bicyclic) bond motifs is 1. The lowest BCUT2D eigenvalue weighted by Crippen LogP contribution is -2.32. The van der Waals surface area contributed by atoms with Crippen LogP contribution in [-0.2, 0) is 17.9 Å². The number of benzene rings is 2. The number of carbonyl (C=O) groups excluding carboxylic acids is 1. The average Bonchev–Trinajstić information content (AvgIpc) is 2.76. The van der Waals surface area contributed by atoms with E-state index in [-0.39, 0.29) is 30.0 Å². The van der Waals surface area contributed by atoms with Crippen LogP contribution in [0, 0.1) is 0 Å². The molecule has 0 unspecified atom stereocenters. The molecule has 1 saturated heterocycles. The predicted octanol–water partition coefficient (Wildman–Crippen LogP) is 2.27. The molecule has 156 valence electrons. The van der Waals surface area contributed by atoms with E-state index < -0.39 is 0 Å². The SMILES string of the molecule is O=C(CCn1[nH]c(=O)c2ccccc2c1=O)Nc1cccc(CN2CCSCC2)c1. The molecule has 2 N–H and O–H groups in total. The number of hydrogen-bond donors (Lipinski definition) is 2. The highest BCUT2D eigenvalue weighted by molar-refractivity contribution is 7.99. The van der Waals surface area contributed by atoms with E-state index in [2.05, 4.69) is 21.4 Å². The first-order valence-electron chi connectivity index (χ1n) is 10.0. The summed E-state index contributed by atoms with van der Waals surface area (Å²) in [6.07, 6.45) is 0.0851. The van der Waals surface area contributed by atoms with Crippen molar-refractivity contribution in [2.45, 2.75) is 19.5 Å². The Hall–Kier alpha value is -2.84. The summed E-state index contributed by atoms with van der Waals surface area (Å²) < 4.78 is 1.20. The maximum Gasteiger partial charge on any atom is 0.273 e. The summed E-state index contributed by atoms with van der Waals surface area (Å²) in [5, 5.41) is 6.15. The Morgan fingerprint density at radius 1 is 1.03 bits per heavy atom. The molecule has 2 heterocycles. The maximum absolute atomic E-state index is 12.5. The molecule has 1 amide bonds. The summed E-state index contributed by atoms with van der Waals surface area (Å²) in [5.74, 6) is 2.11. The van der Waals surface area contributed by atoms with Gasteiger partial charge in [0.25, 0.3) is 11.1 Å². The number of carbonyl (C=O) groups is 1. The van der Waals surface area contributed by atoms with Crippen molar-refractivity contribution in [3.63, 3.8) is 0 Å². The third-order valence-corrected chi connectivity index (χ3v) is 6.11. The van der Waals surface area contributed by atoms with Gasteiger partial charge in [-0.2, -0.15) is 11.8 Å². The smallest absolute Gasteiger partial charge is 0.273 e. The summed E-state index contributed by atoms with van der Waals surface area (Å²) in [5.41, 5.74) is 1.26. The summed E-state index contributed by atoms with van der Waals surface area (Å²) in [7, 11) is 0. The van der Waals surface area contributed by atoms with Crippen LogP contribution in [0.15, 0.2) is 58.1 Å². The fourth-order valence-electron chi connectivity index (χ4n) is 3.61. The van der Waals surface area contributed by atoms with Crippen LogP contribution in [0.1, 0.15) is 12.0 Å². The average molecular weight is 425 g/mol. The van der Waals surface area contributed by atoms with Gasteiger partial charge in [-0.3, -0.25) is 24.4 Å². The minimum Gasteiger partial charge on any atom is -0.326 e. The predicted molar refractivity (Wildman–Crippen MR) is 121 cm³/mol. The lowest BCUT2D eigenvalue weighted by molar-refractivity contribution is -0.116. The molecule has 30 heavy (non-hydrogen) atoms. The van der Waals surface area contributed by atoms with Crippen molar-refractivity contribution >= 4 is 34.1 Å². The van der Waals surface area contributed by atoms with Gasteiger partial charge in [-0.05, 0) is 29.8 Å². The maximum atomic E-state index is 12.5. The zero-order valence-electron chi connectivity index (χ0n) is 16.6. The largest absolute Gasteiger partial charge is 0.326 e. The summed E-state index contributed by atoms with van der Waals surface area (Å²) in [6, 6.07) is 14.5. The molecule has 1 aliphatic rings. The number of H-pyrrole nitrogens is 1. The van der Waals surface area contributed by atoms with Crippen LogP contribution >= 0.6 is 11.8 Å². The fourth-order valence-corrected chi connectivity index (χ4v) is 4.58. The molecule has 3 aromatic rings. The molecule has 0 radical (unpaired) electrons. The molecule has 0 bridgehead atoms. The van der Waals surface area contributed by atoms with E-state index in [0.717, 1.165) is 42.4 Å². The van der Waals surface area contributed by atoms with E-state index in [0.29, 0.717) is 10.8 Å². The number of rotatable bonds is 6. The molecule has 2 aromatic carbocycles. The van der Waals surface area contributed by atoms with Crippen molar-refractivity contribution in [3.05, 3.63) is 74.8 Å². The summed E-state index contributed by atoms with van der Waals surface area (Å²) >= 11 is 1.98. The number of aryl methyl sites for hydroxylation is 1. The zero-order chi connectivity index (χ0) is 20.9. The lowest BCUT2D eigenvalue weighted by atomic mass is 10.2. The molecule has 1 aromatic heterocycles. The Morgan fingerprint density at radius 2 is 1.80 bits per heavy atom. The van der Waals surface area contributed by atoms with Gasteiger partial charge in [0.05, 0.1) is 17.3 Å². The molecule has 1 fully saturated rings. The van der Waals surface area contributed by atoms with Gasteiger partial charge in [-0.25, -0.2) is 4.68 Å². The molecule has 0 saturated carbocycles. The summed E-state index contributed by atoms with van der Waals surface area (Å²) in [4.78, 5) is 39.5. The molecule has 0 aliphatic carbocycles. The van der Waals surface area contributed by atoms with E-state index in [1.54, 1.807) is 24.3 Å². The molecule has 8 heteroatoms. The minimum atomic E-state index is -0.338. The van der Waals surface area contributed by atoms with Gasteiger partial charge in [0.15, 0.2) is 0 Å². The van der Waals surface area contributed by atoms with Crippen molar-refractivity contribution in [3.8, 4) is 0 Å². The number of amides is 1. The number of anilines is 1. The second-order valence-corrected chi connectivity index (χ2v) is 8.56. The molecule has 0 spiro atoms. The molecular formula is C22H24N4O3S. The van der Waals surface area contributed by atoms with Gasteiger partial charge in [-0.15, -0.1) is 0 Å². The number of nitrogens with zero attached hydrogens (tertiary/aromatic N) is 2. The van der Waals surface area contributed by atoms with E-state index >= 15 is 0 Å². The van der Waals surface area contributed by atoms with E-state index in [1.807, 2.05) is 30.0 Å². The third kappa shape index (κ3) is 4.83. The quantitative estimate of drug-likeness (QED) is 0.634. The van der Waals surface area contributed by atoms with Gasteiger partial charge in [0, 0.05) is 43.2 Å².